The first-order chi connectivity index (χ1) is 6.29. The average Bonchev–Trinajstić information content (AvgIpc) is 2.17. The van der Waals surface area contributed by atoms with Crippen LogP contribution in [0.15, 0.2) is 18.2 Å². The van der Waals surface area contributed by atoms with Crippen molar-refractivity contribution >= 4 is 0 Å². The molecule has 0 amide bonds. The predicted molar refractivity (Wildman–Crippen MR) is 49.9 cm³/mol. The van der Waals surface area contributed by atoms with Gasteiger partial charge in [-0.3, -0.25) is 0 Å². The summed E-state index contributed by atoms with van der Waals surface area (Å²) in [5.41, 5.74) is 6.70. The monoisotopic (exact) mass is 179 g/mol. The van der Waals surface area contributed by atoms with Crippen LogP contribution in [0.4, 0.5) is 0 Å². The number of phenolic OH excluding ortho intramolecular Hbond substituents is 1. The van der Waals surface area contributed by atoms with E-state index < -0.39 is 0 Å². The van der Waals surface area contributed by atoms with E-state index in [9.17, 15) is 5.11 Å². The van der Waals surface area contributed by atoms with Crippen molar-refractivity contribution in [1.82, 2.24) is 0 Å². The summed E-state index contributed by atoms with van der Waals surface area (Å²) in [6, 6.07) is 5.23. The minimum Gasteiger partial charge on any atom is -0.508 e. The minimum atomic E-state index is 0.255. The number of ether oxygens (including phenoxy) is 1. The van der Waals surface area contributed by atoms with E-state index in [0.717, 1.165) is 17.7 Å². The molecule has 3 N–H and O–H groups in total. The fourth-order valence-electron chi connectivity index (χ4n) is 1.58. The molecule has 0 bridgehead atoms. The van der Waals surface area contributed by atoms with Crippen molar-refractivity contribution < 1.29 is 9.84 Å². The van der Waals surface area contributed by atoms with Crippen molar-refractivity contribution in [3.05, 3.63) is 23.8 Å². The summed E-state index contributed by atoms with van der Waals surface area (Å²) in [6.45, 7) is 1.31. The lowest BCUT2D eigenvalue weighted by Gasteiger charge is -2.24. The Morgan fingerprint density at radius 2 is 2.38 bits per heavy atom. The summed E-state index contributed by atoms with van der Waals surface area (Å²) >= 11 is 0. The number of hydrogen-bond donors (Lipinski definition) is 2. The van der Waals surface area contributed by atoms with Crippen molar-refractivity contribution in [2.75, 3.05) is 13.2 Å². The molecule has 0 aromatic heterocycles. The maximum atomic E-state index is 9.21. The van der Waals surface area contributed by atoms with Crippen molar-refractivity contribution in [3.63, 3.8) is 0 Å². The van der Waals surface area contributed by atoms with Crippen molar-refractivity contribution in [1.29, 1.82) is 0 Å². The second-order valence-electron chi connectivity index (χ2n) is 3.41. The Morgan fingerprint density at radius 1 is 1.54 bits per heavy atom. The molecule has 3 heteroatoms. The highest BCUT2D eigenvalue weighted by Crippen LogP contribution is 2.29. The SMILES string of the molecule is NC[C@H]1COc2cc(O)ccc2C1. The summed E-state index contributed by atoms with van der Waals surface area (Å²) in [4.78, 5) is 0. The van der Waals surface area contributed by atoms with E-state index in [1.165, 1.54) is 0 Å². The highest BCUT2D eigenvalue weighted by Gasteiger charge is 2.18. The van der Waals surface area contributed by atoms with E-state index >= 15 is 0 Å². The van der Waals surface area contributed by atoms with Gasteiger partial charge >= 0.3 is 0 Å². The number of nitrogens with two attached hydrogens (primary N) is 1. The summed E-state index contributed by atoms with van der Waals surface area (Å²) in [5, 5.41) is 9.21. The van der Waals surface area contributed by atoms with Gasteiger partial charge < -0.3 is 15.6 Å². The van der Waals surface area contributed by atoms with E-state index in [0.29, 0.717) is 19.1 Å². The first kappa shape index (κ1) is 8.38. The molecule has 0 saturated carbocycles. The van der Waals surface area contributed by atoms with Crippen LogP contribution in [0.5, 0.6) is 11.5 Å². The van der Waals surface area contributed by atoms with Crippen molar-refractivity contribution in [2.24, 2.45) is 11.7 Å². The lowest BCUT2D eigenvalue weighted by atomic mass is 9.97. The number of phenols is 1. The number of fused-ring (bicyclic) bond motifs is 1. The lowest BCUT2D eigenvalue weighted by molar-refractivity contribution is 0.225. The van der Waals surface area contributed by atoms with Crippen molar-refractivity contribution in [2.45, 2.75) is 6.42 Å². The van der Waals surface area contributed by atoms with E-state index in [4.69, 9.17) is 10.5 Å². The smallest absolute Gasteiger partial charge is 0.126 e. The first-order valence-electron chi connectivity index (χ1n) is 4.44. The van der Waals surface area contributed by atoms with Crippen LogP contribution in [0.25, 0.3) is 0 Å². The molecule has 2 rings (SSSR count). The number of benzene rings is 1. The fraction of sp³-hybridized carbons (Fsp3) is 0.400. The van der Waals surface area contributed by atoms with Crippen LogP contribution in [0.1, 0.15) is 5.56 Å². The van der Waals surface area contributed by atoms with Crippen LogP contribution in [0.3, 0.4) is 0 Å². The van der Waals surface area contributed by atoms with E-state index in [2.05, 4.69) is 0 Å². The number of aromatic hydroxyl groups is 1. The zero-order chi connectivity index (χ0) is 9.26. The van der Waals surface area contributed by atoms with Gasteiger partial charge in [0.05, 0.1) is 6.61 Å². The molecule has 0 aliphatic carbocycles. The Kier molecular flexibility index (Phi) is 2.10. The number of rotatable bonds is 1. The average molecular weight is 179 g/mol. The normalized spacial score (nSPS) is 20.5. The first-order valence-corrected chi connectivity index (χ1v) is 4.44. The third-order valence-electron chi connectivity index (χ3n) is 2.37. The second kappa shape index (κ2) is 3.26. The Balaban J connectivity index is 2.26. The lowest BCUT2D eigenvalue weighted by Crippen LogP contribution is -2.27. The van der Waals surface area contributed by atoms with Gasteiger partial charge in [0.25, 0.3) is 0 Å². The second-order valence-corrected chi connectivity index (χ2v) is 3.41. The minimum absolute atomic E-state index is 0.255. The van der Waals surface area contributed by atoms with Gasteiger partial charge in [0.15, 0.2) is 0 Å². The van der Waals surface area contributed by atoms with Gasteiger partial charge in [-0.05, 0) is 24.6 Å². The molecule has 0 radical (unpaired) electrons. The molecular weight excluding hydrogens is 166 g/mol. The van der Waals surface area contributed by atoms with Crippen LogP contribution in [0.2, 0.25) is 0 Å². The zero-order valence-corrected chi connectivity index (χ0v) is 7.36. The molecule has 1 aliphatic heterocycles. The molecule has 1 aromatic rings. The fourth-order valence-corrected chi connectivity index (χ4v) is 1.58. The molecule has 0 spiro atoms. The molecule has 13 heavy (non-hydrogen) atoms. The van der Waals surface area contributed by atoms with Crippen molar-refractivity contribution in [3.8, 4) is 11.5 Å². The third-order valence-corrected chi connectivity index (χ3v) is 2.37. The molecule has 0 fully saturated rings. The van der Waals surface area contributed by atoms with Crippen LogP contribution < -0.4 is 10.5 Å². The van der Waals surface area contributed by atoms with Gasteiger partial charge in [-0.1, -0.05) is 6.07 Å². The Hall–Kier alpha value is -1.22. The highest BCUT2D eigenvalue weighted by atomic mass is 16.5. The summed E-state index contributed by atoms with van der Waals surface area (Å²) in [7, 11) is 0. The molecule has 0 saturated heterocycles. The van der Waals surface area contributed by atoms with Crippen LogP contribution in [-0.4, -0.2) is 18.3 Å². The standard InChI is InChI=1S/C10H13NO2/c11-5-7-3-8-1-2-9(12)4-10(8)13-6-7/h1-2,4,7,12H,3,5-6,11H2/t7-/m0/s1. The Morgan fingerprint density at radius 3 is 3.15 bits per heavy atom. The van der Waals surface area contributed by atoms with Gasteiger partial charge in [-0.2, -0.15) is 0 Å². The largest absolute Gasteiger partial charge is 0.508 e. The Bertz CT molecular complexity index is 312. The van der Waals surface area contributed by atoms with Gasteiger partial charge in [0.1, 0.15) is 11.5 Å². The van der Waals surface area contributed by atoms with E-state index in [-0.39, 0.29) is 5.75 Å². The zero-order valence-electron chi connectivity index (χ0n) is 7.36. The molecule has 1 heterocycles. The Labute approximate surface area is 77.1 Å². The summed E-state index contributed by atoms with van der Waals surface area (Å²) in [6.07, 6.45) is 0.951. The summed E-state index contributed by atoms with van der Waals surface area (Å²) in [5.74, 6) is 1.46. The van der Waals surface area contributed by atoms with Crippen LogP contribution >= 0.6 is 0 Å². The molecular formula is C10H13NO2. The van der Waals surface area contributed by atoms with Gasteiger partial charge in [0.2, 0.25) is 0 Å². The molecule has 70 valence electrons. The topological polar surface area (TPSA) is 55.5 Å². The summed E-state index contributed by atoms with van der Waals surface area (Å²) < 4.78 is 5.47. The third kappa shape index (κ3) is 1.60. The molecule has 3 nitrogen and oxygen atoms in total. The highest BCUT2D eigenvalue weighted by molar-refractivity contribution is 5.41. The molecule has 1 aliphatic rings. The van der Waals surface area contributed by atoms with Gasteiger partial charge in [-0.15, -0.1) is 0 Å². The quantitative estimate of drug-likeness (QED) is 0.673. The maximum absolute atomic E-state index is 9.21. The number of hydrogen-bond acceptors (Lipinski definition) is 3. The van der Waals surface area contributed by atoms with Crippen LogP contribution in [-0.2, 0) is 6.42 Å². The van der Waals surface area contributed by atoms with Crippen LogP contribution in [0, 0.1) is 5.92 Å². The maximum Gasteiger partial charge on any atom is 0.126 e. The molecule has 0 unspecified atom stereocenters. The van der Waals surface area contributed by atoms with Gasteiger partial charge in [-0.25, -0.2) is 0 Å². The molecule has 1 aromatic carbocycles. The predicted octanol–water partition coefficient (Wildman–Crippen LogP) is 0.902. The van der Waals surface area contributed by atoms with E-state index in [1.54, 1.807) is 12.1 Å². The van der Waals surface area contributed by atoms with Gasteiger partial charge in [0, 0.05) is 12.0 Å². The van der Waals surface area contributed by atoms with E-state index in [1.807, 2.05) is 6.07 Å². The molecule has 1 atom stereocenters.